The monoisotopic (exact) mass is 325 g/mol. The molecule has 130 valence electrons. The number of oxime groups is 1. The molecule has 3 unspecified atom stereocenters. The Morgan fingerprint density at radius 1 is 1.52 bits per heavy atom. The molecule has 6 nitrogen and oxygen atoms in total. The standard InChI is InChI=1S/C17H27NO5/c1-2-3-4-11(19)5-6-12-13-9-15(14(13)10-16(12)20)18-23-8-7-17(21)22/h5-6,11-14,16,19-20H,2-4,7-10H2,1H3,(H,21,22)/t11?,12?,13-,14-,16?/m0/s1. The van der Waals surface area contributed by atoms with E-state index < -0.39 is 18.2 Å². The van der Waals surface area contributed by atoms with Crippen molar-refractivity contribution in [1.82, 2.24) is 0 Å². The first kappa shape index (κ1) is 17.9. The van der Waals surface area contributed by atoms with Gasteiger partial charge in [0.2, 0.25) is 0 Å². The summed E-state index contributed by atoms with van der Waals surface area (Å²) in [5, 5.41) is 32.6. The maximum Gasteiger partial charge on any atom is 0.306 e. The number of nitrogens with zero attached hydrogens (tertiary/aromatic N) is 1. The van der Waals surface area contributed by atoms with Crippen molar-refractivity contribution >= 4 is 11.7 Å². The number of carbonyl (C=O) groups is 1. The van der Waals surface area contributed by atoms with E-state index in [1.165, 1.54) is 0 Å². The zero-order valence-corrected chi connectivity index (χ0v) is 13.6. The molecule has 0 aromatic heterocycles. The van der Waals surface area contributed by atoms with Gasteiger partial charge in [-0.25, -0.2) is 0 Å². The second-order valence-corrected chi connectivity index (χ2v) is 6.51. The number of carboxylic acids is 1. The van der Waals surface area contributed by atoms with Crippen molar-refractivity contribution in [1.29, 1.82) is 0 Å². The number of aliphatic hydroxyl groups is 2. The third-order valence-corrected chi connectivity index (χ3v) is 4.82. The number of aliphatic hydroxyl groups excluding tert-OH is 2. The fourth-order valence-corrected chi connectivity index (χ4v) is 3.44. The lowest BCUT2D eigenvalue weighted by Crippen LogP contribution is -2.36. The maximum absolute atomic E-state index is 10.4. The normalized spacial score (nSPS) is 32.7. The van der Waals surface area contributed by atoms with Crippen molar-refractivity contribution in [3.63, 3.8) is 0 Å². The summed E-state index contributed by atoms with van der Waals surface area (Å²) in [5.41, 5.74) is 0.918. The largest absolute Gasteiger partial charge is 0.481 e. The Balaban J connectivity index is 1.80. The van der Waals surface area contributed by atoms with Crippen LogP contribution < -0.4 is 0 Å². The number of hydrogen-bond donors (Lipinski definition) is 3. The summed E-state index contributed by atoms with van der Waals surface area (Å²) in [4.78, 5) is 15.4. The molecule has 23 heavy (non-hydrogen) atoms. The molecule has 2 aliphatic rings. The van der Waals surface area contributed by atoms with Gasteiger partial charge in [0.05, 0.1) is 24.3 Å². The van der Waals surface area contributed by atoms with E-state index in [-0.39, 0.29) is 24.9 Å². The number of fused-ring (bicyclic) bond motifs is 1. The molecule has 0 aromatic carbocycles. The average Bonchev–Trinajstić information content (AvgIpc) is 2.74. The van der Waals surface area contributed by atoms with E-state index in [0.717, 1.165) is 31.4 Å². The highest BCUT2D eigenvalue weighted by molar-refractivity contribution is 5.93. The molecule has 0 saturated heterocycles. The van der Waals surface area contributed by atoms with E-state index in [2.05, 4.69) is 12.1 Å². The third-order valence-electron chi connectivity index (χ3n) is 4.82. The minimum atomic E-state index is -0.903. The predicted molar refractivity (Wildman–Crippen MR) is 86.0 cm³/mol. The molecule has 0 heterocycles. The molecular weight excluding hydrogens is 298 g/mol. The van der Waals surface area contributed by atoms with Crippen molar-refractivity contribution in [2.45, 2.75) is 57.7 Å². The Bertz CT molecular complexity index is 462. The summed E-state index contributed by atoms with van der Waals surface area (Å²) in [6.07, 6.45) is 7.10. The van der Waals surface area contributed by atoms with Crippen molar-refractivity contribution in [2.24, 2.45) is 22.9 Å². The molecule has 2 saturated carbocycles. The summed E-state index contributed by atoms with van der Waals surface area (Å²) in [7, 11) is 0. The van der Waals surface area contributed by atoms with Crippen LogP contribution in [0.3, 0.4) is 0 Å². The van der Waals surface area contributed by atoms with Crippen LogP contribution in [0.25, 0.3) is 0 Å². The van der Waals surface area contributed by atoms with E-state index in [1.54, 1.807) is 0 Å². The topological polar surface area (TPSA) is 99.4 Å². The summed E-state index contributed by atoms with van der Waals surface area (Å²) >= 11 is 0. The van der Waals surface area contributed by atoms with E-state index in [4.69, 9.17) is 9.94 Å². The van der Waals surface area contributed by atoms with Gasteiger partial charge in [0, 0.05) is 11.8 Å². The average molecular weight is 325 g/mol. The lowest BCUT2D eigenvalue weighted by Gasteiger charge is -2.34. The van der Waals surface area contributed by atoms with Crippen LogP contribution in [0.5, 0.6) is 0 Å². The van der Waals surface area contributed by atoms with Crippen LogP contribution in [0.1, 0.15) is 45.4 Å². The molecule has 3 N–H and O–H groups in total. The van der Waals surface area contributed by atoms with E-state index in [9.17, 15) is 15.0 Å². The Kier molecular flexibility index (Phi) is 6.59. The number of carboxylic acid groups (broad SMARTS) is 1. The van der Waals surface area contributed by atoms with Gasteiger partial charge >= 0.3 is 5.97 Å². The molecule has 0 amide bonds. The molecular formula is C17H27NO5. The van der Waals surface area contributed by atoms with Crippen molar-refractivity contribution in [3.8, 4) is 0 Å². The first-order chi connectivity index (χ1) is 11.0. The van der Waals surface area contributed by atoms with Crippen LogP contribution in [0, 0.1) is 17.8 Å². The Labute approximate surface area is 136 Å². The predicted octanol–water partition coefficient (Wildman–Crippen LogP) is 1.96. The Morgan fingerprint density at radius 2 is 2.30 bits per heavy atom. The minimum absolute atomic E-state index is 0.0610. The molecule has 2 fully saturated rings. The van der Waals surface area contributed by atoms with Crippen molar-refractivity contribution in [2.75, 3.05) is 6.61 Å². The second-order valence-electron chi connectivity index (χ2n) is 6.51. The zero-order chi connectivity index (χ0) is 16.8. The van der Waals surface area contributed by atoms with Gasteiger partial charge in [0.25, 0.3) is 0 Å². The fourth-order valence-electron chi connectivity index (χ4n) is 3.44. The van der Waals surface area contributed by atoms with Gasteiger partial charge in [-0.1, -0.05) is 37.1 Å². The Hall–Kier alpha value is -1.40. The third kappa shape index (κ3) is 4.78. The number of rotatable bonds is 9. The first-order valence-corrected chi connectivity index (χ1v) is 8.47. The van der Waals surface area contributed by atoms with Gasteiger partial charge in [0.1, 0.15) is 6.61 Å². The number of hydrogen-bond acceptors (Lipinski definition) is 5. The van der Waals surface area contributed by atoms with Crippen molar-refractivity contribution in [3.05, 3.63) is 12.2 Å². The van der Waals surface area contributed by atoms with Crippen LogP contribution in [0.2, 0.25) is 0 Å². The van der Waals surface area contributed by atoms with Gasteiger partial charge < -0.3 is 20.2 Å². The zero-order valence-electron chi connectivity index (χ0n) is 13.6. The maximum atomic E-state index is 10.4. The van der Waals surface area contributed by atoms with Crippen LogP contribution in [0.15, 0.2) is 17.3 Å². The molecule has 2 aliphatic carbocycles. The summed E-state index contributed by atoms with van der Waals surface area (Å²) < 4.78 is 0. The smallest absolute Gasteiger partial charge is 0.306 e. The molecule has 6 heteroatoms. The SMILES string of the molecule is CCCCC(O)C=CC1C(O)C[C@@H]2C(=NOCCC(=O)O)C[C@@H]12. The van der Waals surface area contributed by atoms with E-state index in [1.807, 2.05) is 12.2 Å². The molecule has 0 radical (unpaired) electrons. The van der Waals surface area contributed by atoms with Crippen molar-refractivity contribution < 1.29 is 25.0 Å². The highest BCUT2D eigenvalue weighted by Crippen LogP contribution is 2.49. The lowest BCUT2D eigenvalue weighted by molar-refractivity contribution is -0.138. The van der Waals surface area contributed by atoms with Crippen LogP contribution in [-0.2, 0) is 9.63 Å². The van der Waals surface area contributed by atoms with E-state index >= 15 is 0 Å². The first-order valence-electron chi connectivity index (χ1n) is 8.47. The van der Waals surface area contributed by atoms with Gasteiger partial charge in [-0.3, -0.25) is 4.79 Å². The number of aliphatic carboxylic acids is 1. The highest BCUT2D eigenvalue weighted by atomic mass is 16.6. The number of unbranched alkanes of at least 4 members (excludes halogenated alkanes) is 1. The second kappa shape index (κ2) is 8.45. The summed E-state index contributed by atoms with van der Waals surface area (Å²) in [6, 6.07) is 0. The Morgan fingerprint density at radius 3 is 3.00 bits per heavy atom. The minimum Gasteiger partial charge on any atom is -0.481 e. The molecule has 0 aliphatic heterocycles. The van der Waals surface area contributed by atoms with Gasteiger partial charge in [-0.05, 0) is 25.2 Å². The van der Waals surface area contributed by atoms with Crippen LogP contribution in [0.4, 0.5) is 0 Å². The van der Waals surface area contributed by atoms with Gasteiger partial charge in [-0.2, -0.15) is 0 Å². The molecule has 0 bridgehead atoms. The molecule has 0 spiro atoms. The van der Waals surface area contributed by atoms with Gasteiger partial charge in [0.15, 0.2) is 0 Å². The van der Waals surface area contributed by atoms with E-state index in [0.29, 0.717) is 12.3 Å². The van der Waals surface area contributed by atoms with Crippen LogP contribution >= 0.6 is 0 Å². The summed E-state index contributed by atoms with van der Waals surface area (Å²) in [6.45, 7) is 2.17. The molecule has 0 aromatic rings. The highest BCUT2D eigenvalue weighted by Gasteiger charge is 2.51. The lowest BCUT2D eigenvalue weighted by atomic mass is 9.71. The molecule has 2 rings (SSSR count). The summed E-state index contributed by atoms with van der Waals surface area (Å²) in [5.74, 6) is -0.271. The van der Waals surface area contributed by atoms with Crippen LogP contribution in [-0.4, -0.2) is 45.8 Å². The molecule has 5 atom stereocenters. The quantitative estimate of drug-likeness (QED) is 0.342. The van der Waals surface area contributed by atoms with Gasteiger partial charge in [-0.15, -0.1) is 0 Å². The fraction of sp³-hybridized carbons (Fsp3) is 0.765.